The lowest BCUT2D eigenvalue weighted by atomic mass is 9.82. The Kier molecular flexibility index (Phi) is 3.20. The maximum Gasteiger partial charge on any atom is 0.0406 e. The second-order valence-electron chi connectivity index (χ2n) is 5.43. The van der Waals surface area contributed by atoms with Crippen molar-refractivity contribution in [2.45, 2.75) is 20.3 Å². The average Bonchev–Trinajstić information content (AvgIpc) is 2.38. The summed E-state index contributed by atoms with van der Waals surface area (Å²) in [6.45, 7) is 4.44. The van der Waals surface area contributed by atoms with Gasteiger partial charge in [0.25, 0.3) is 0 Å². The second kappa shape index (κ2) is 4.86. The first-order chi connectivity index (χ1) is 9.13. The normalized spacial score (nSPS) is 17.8. The number of allylic oxidation sites excluding steroid dienone is 1. The Morgan fingerprint density at radius 2 is 1.79 bits per heavy atom. The van der Waals surface area contributed by atoms with Crippen molar-refractivity contribution in [3.05, 3.63) is 75.8 Å². The number of aryl methyl sites for hydroxylation is 1. The molecule has 1 aliphatic carbocycles. The monoisotopic (exact) mass is 268 g/mol. The Morgan fingerprint density at radius 1 is 1.05 bits per heavy atom. The van der Waals surface area contributed by atoms with Gasteiger partial charge < -0.3 is 0 Å². The fourth-order valence-corrected chi connectivity index (χ4v) is 2.94. The van der Waals surface area contributed by atoms with Crippen molar-refractivity contribution in [1.29, 1.82) is 0 Å². The summed E-state index contributed by atoms with van der Waals surface area (Å²) in [5.41, 5.74) is 6.75. The van der Waals surface area contributed by atoms with Crippen LogP contribution in [0.5, 0.6) is 0 Å². The lowest BCUT2D eigenvalue weighted by Gasteiger charge is -2.22. The van der Waals surface area contributed by atoms with Gasteiger partial charge in [0, 0.05) is 5.02 Å². The highest BCUT2D eigenvalue weighted by atomic mass is 35.5. The number of fused-ring (bicyclic) bond motifs is 1. The number of halogens is 1. The van der Waals surface area contributed by atoms with E-state index in [2.05, 4.69) is 50.3 Å². The van der Waals surface area contributed by atoms with E-state index in [0.717, 1.165) is 11.4 Å². The molecule has 19 heavy (non-hydrogen) atoms. The molecular formula is C18H17Cl. The van der Waals surface area contributed by atoms with Crippen LogP contribution in [0.25, 0.3) is 5.57 Å². The van der Waals surface area contributed by atoms with Crippen molar-refractivity contribution in [3.63, 3.8) is 0 Å². The molecule has 2 aromatic carbocycles. The highest BCUT2D eigenvalue weighted by Gasteiger charge is 2.17. The highest BCUT2D eigenvalue weighted by Crippen LogP contribution is 2.34. The average molecular weight is 269 g/mol. The van der Waals surface area contributed by atoms with Crippen LogP contribution in [0, 0.1) is 12.8 Å². The first-order valence-corrected chi connectivity index (χ1v) is 7.09. The molecule has 0 bridgehead atoms. The van der Waals surface area contributed by atoms with Gasteiger partial charge in [0.15, 0.2) is 0 Å². The smallest absolute Gasteiger partial charge is 0.0406 e. The van der Waals surface area contributed by atoms with Crippen LogP contribution in [-0.2, 0) is 6.42 Å². The van der Waals surface area contributed by atoms with Crippen molar-refractivity contribution >= 4 is 17.2 Å². The molecule has 0 saturated heterocycles. The molecule has 0 fully saturated rings. The van der Waals surface area contributed by atoms with E-state index in [-0.39, 0.29) is 0 Å². The Morgan fingerprint density at radius 3 is 2.53 bits per heavy atom. The van der Waals surface area contributed by atoms with Crippen LogP contribution < -0.4 is 0 Å². The third-order valence-corrected chi connectivity index (χ3v) is 3.95. The summed E-state index contributed by atoms with van der Waals surface area (Å²) in [7, 11) is 0. The molecule has 0 aliphatic heterocycles. The molecule has 0 nitrogen and oxygen atoms in total. The SMILES string of the molecule is Cc1ccc2c(c1)CC(C)C=C2c1ccc(Cl)cc1. The number of hydrogen-bond acceptors (Lipinski definition) is 0. The minimum atomic E-state index is 0.583. The Balaban J connectivity index is 2.13. The van der Waals surface area contributed by atoms with E-state index in [1.54, 1.807) is 0 Å². The fraction of sp³-hybridized carbons (Fsp3) is 0.222. The zero-order chi connectivity index (χ0) is 13.4. The van der Waals surface area contributed by atoms with Crippen molar-refractivity contribution in [2.75, 3.05) is 0 Å². The summed E-state index contributed by atoms with van der Waals surface area (Å²) >= 11 is 5.98. The van der Waals surface area contributed by atoms with Gasteiger partial charge in [-0.1, -0.05) is 60.5 Å². The molecule has 1 unspecified atom stereocenters. The van der Waals surface area contributed by atoms with E-state index in [1.165, 1.54) is 27.8 Å². The van der Waals surface area contributed by atoms with Crippen molar-refractivity contribution in [3.8, 4) is 0 Å². The second-order valence-corrected chi connectivity index (χ2v) is 5.87. The minimum absolute atomic E-state index is 0.583. The lowest BCUT2D eigenvalue weighted by Crippen LogP contribution is -2.08. The van der Waals surface area contributed by atoms with Crippen LogP contribution in [0.15, 0.2) is 48.5 Å². The summed E-state index contributed by atoms with van der Waals surface area (Å²) in [6.07, 6.45) is 3.51. The summed E-state index contributed by atoms with van der Waals surface area (Å²) < 4.78 is 0. The number of rotatable bonds is 1. The molecule has 1 aliphatic rings. The van der Waals surface area contributed by atoms with Gasteiger partial charge in [-0.25, -0.2) is 0 Å². The largest absolute Gasteiger partial charge is 0.0843 e. The molecule has 3 rings (SSSR count). The third kappa shape index (κ3) is 2.46. The van der Waals surface area contributed by atoms with Crippen LogP contribution >= 0.6 is 11.6 Å². The maximum atomic E-state index is 5.98. The fourth-order valence-electron chi connectivity index (χ4n) is 2.82. The summed E-state index contributed by atoms with van der Waals surface area (Å²) in [5, 5.41) is 0.789. The van der Waals surface area contributed by atoms with Crippen molar-refractivity contribution < 1.29 is 0 Å². The predicted octanol–water partition coefficient (Wildman–Crippen LogP) is 5.27. The van der Waals surface area contributed by atoms with Gasteiger partial charge in [0.1, 0.15) is 0 Å². The Bertz CT molecular complexity index is 635. The van der Waals surface area contributed by atoms with Gasteiger partial charge in [-0.15, -0.1) is 0 Å². The highest BCUT2D eigenvalue weighted by molar-refractivity contribution is 6.30. The summed E-state index contributed by atoms with van der Waals surface area (Å²) in [5.74, 6) is 0.583. The first kappa shape index (κ1) is 12.5. The van der Waals surface area contributed by atoms with Crippen molar-refractivity contribution in [2.24, 2.45) is 5.92 Å². The number of benzene rings is 2. The van der Waals surface area contributed by atoms with E-state index >= 15 is 0 Å². The zero-order valence-electron chi connectivity index (χ0n) is 11.3. The predicted molar refractivity (Wildman–Crippen MR) is 82.6 cm³/mol. The van der Waals surface area contributed by atoms with Crippen LogP contribution in [0.2, 0.25) is 5.02 Å². The topological polar surface area (TPSA) is 0 Å². The Labute approximate surface area is 119 Å². The zero-order valence-corrected chi connectivity index (χ0v) is 12.0. The quantitative estimate of drug-likeness (QED) is 0.661. The van der Waals surface area contributed by atoms with Crippen LogP contribution in [0.1, 0.15) is 29.2 Å². The summed E-state index contributed by atoms with van der Waals surface area (Å²) in [4.78, 5) is 0. The molecular weight excluding hydrogens is 252 g/mol. The molecule has 0 aromatic heterocycles. The molecule has 2 aromatic rings. The molecule has 1 heteroatoms. The van der Waals surface area contributed by atoms with E-state index in [1.807, 2.05) is 12.1 Å². The standard InChI is InChI=1S/C18H17Cl/c1-12-3-8-17-15(9-12)10-13(2)11-18(17)14-4-6-16(19)7-5-14/h3-9,11,13H,10H2,1-2H3. The molecule has 0 saturated carbocycles. The van der Waals surface area contributed by atoms with E-state index in [0.29, 0.717) is 5.92 Å². The maximum absolute atomic E-state index is 5.98. The third-order valence-electron chi connectivity index (χ3n) is 3.70. The Hall–Kier alpha value is -1.53. The van der Waals surface area contributed by atoms with Gasteiger partial charge in [0.2, 0.25) is 0 Å². The van der Waals surface area contributed by atoms with Gasteiger partial charge >= 0.3 is 0 Å². The molecule has 1 atom stereocenters. The molecule has 0 spiro atoms. The molecule has 0 radical (unpaired) electrons. The van der Waals surface area contributed by atoms with Gasteiger partial charge in [0.05, 0.1) is 0 Å². The van der Waals surface area contributed by atoms with Gasteiger partial charge in [-0.2, -0.15) is 0 Å². The van der Waals surface area contributed by atoms with E-state index < -0.39 is 0 Å². The van der Waals surface area contributed by atoms with Crippen LogP contribution in [-0.4, -0.2) is 0 Å². The molecule has 0 amide bonds. The van der Waals surface area contributed by atoms with Crippen molar-refractivity contribution in [1.82, 2.24) is 0 Å². The van der Waals surface area contributed by atoms with E-state index in [4.69, 9.17) is 11.6 Å². The molecule has 0 heterocycles. The first-order valence-electron chi connectivity index (χ1n) is 6.71. The summed E-state index contributed by atoms with van der Waals surface area (Å²) in [6, 6.07) is 14.9. The lowest BCUT2D eigenvalue weighted by molar-refractivity contribution is 0.713. The van der Waals surface area contributed by atoms with Crippen LogP contribution in [0.4, 0.5) is 0 Å². The number of hydrogen-bond donors (Lipinski definition) is 0. The van der Waals surface area contributed by atoms with Gasteiger partial charge in [-0.05, 0) is 53.7 Å². The minimum Gasteiger partial charge on any atom is -0.0843 e. The molecule has 96 valence electrons. The van der Waals surface area contributed by atoms with E-state index in [9.17, 15) is 0 Å². The molecule has 0 N–H and O–H groups in total. The van der Waals surface area contributed by atoms with Crippen LogP contribution in [0.3, 0.4) is 0 Å². The van der Waals surface area contributed by atoms with Gasteiger partial charge in [-0.3, -0.25) is 0 Å².